The highest BCUT2D eigenvalue weighted by Crippen LogP contribution is 2.55. The average molecular weight is 356 g/mol. The van der Waals surface area contributed by atoms with Crippen LogP contribution in [-0.4, -0.2) is 41.3 Å². The van der Waals surface area contributed by atoms with Gasteiger partial charge < -0.3 is 19.6 Å². The molecule has 5 rings (SSSR count). The summed E-state index contributed by atoms with van der Waals surface area (Å²) in [7, 11) is 0. The minimum atomic E-state index is -1.01. The number of aryl methyl sites for hydroxylation is 1. The van der Waals surface area contributed by atoms with E-state index in [2.05, 4.69) is 10.2 Å². The first kappa shape index (κ1) is 16.0. The van der Waals surface area contributed by atoms with Gasteiger partial charge in [0.1, 0.15) is 5.75 Å². The molecular formula is C20H24N2O4. The molecule has 26 heavy (non-hydrogen) atoms. The van der Waals surface area contributed by atoms with Gasteiger partial charge in [0.2, 0.25) is 5.72 Å². The van der Waals surface area contributed by atoms with Gasteiger partial charge in [-0.2, -0.15) is 0 Å². The second-order valence-corrected chi connectivity index (χ2v) is 7.73. The summed E-state index contributed by atoms with van der Waals surface area (Å²) in [5.41, 5.74) is 1.27. The average Bonchev–Trinajstić information content (AvgIpc) is 3.14. The van der Waals surface area contributed by atoms with Gasteiger partial charge in [0.05, 0.1) is 17.6 Å². The summed E-state index contributed by atoms with van der Waals surface area (Å²) >= 11 is 0. The Balaban J connectivity index is 1.74. The smallest absolute Gasteiger partial charge is 0.280 e. The van der Waals surface area contributed by atoms with E-state index in [1.54, 1.807) is 12.3 Å². The fraction of sp³-hybridized carbons (Fsp3) is 0.550. The molecule has 6 heteroatoms. The van der Waals surface area contributed by atoms with Gasteiger partial charge in [-0.1, -0.05) is 6.42 Å². The second kappa shape index (κ2) is 5.64. The summed E-state index contributed by atoms with van der Waals surface area (Å²) in [6, 6.07) is 1.75. The van der Waals surface area contributed by atoms with Crippen LogP contribution >= 0.6 is 0 Å². The number of hydrogen-bond donors (Lipinski definition) is 2. The molecule has 1 aromatic carbocycles. The van der Waals surface area contributed by atoms with E-state index < -0.39 is 5.72 Å². The first-order valence-corrected chi connectivity index (χ1v) is 9.59. The summed E-state index contributed by atoms with van der Waals surface area (Å²) in [6.07, 6.45) is 6.73. The molecule has 138 valence electrons. The topological polar surface area (TPSA) is 74.9 Å². The third-order valence-electron chi connectivity index (χ3n) is 6.20. The van der Waals surface area contributed by atoms with Crippen LogP contribution in [0.2, 0.25) is 0 Å². The Morgan fingerprint density at radius 3 is 2.88 bits per heavy atom. The van der Waals surface area contributed by atoms with Crippen LogP contribution in [0.15, 0.2) is 16.7 Å². The molecule has 6 nitrogen and oxygen atoms in total. The van der Waals surface area contributed by atoms with Gasteiger partial charge in [-0.05, 0) is 44.2 Å². The van der Waals surface area contributed by atoms with E-state index in [4.69, 9.17) is 9.15 Å². The van der Waals surface area contributed by atoms with Crippen LogP contribution < -0.4 is 10.1 Å². The molecule has 3 aliphatic rings. The number of aromatic hydroxyl groups is 1. The van der Waals surface area contributed by atoms with Gasteiger partial charge in [0.15, 0.2) is 11.3 Å². The van der Waals surface area contributed by atoms with Crippen LogP contribution in [0.3, 0.4) is 0 Å². The lowest BCUT2D eigenvalue weighted by atomic mass is 9.84. The summed E-state index contributed by atoms with van der Waals surface area (Å²) in [5.74, 6) is 0.695. The number of nitrogens with zero attached hydrogens (tertiary/aromatic N) is 1. The number of hydrogen-bond acceptors (Lipinski definition) is 5. The number of nitrogens with one attached hydrogen (secondary N) is 1. The molecule has 2 aromatic rings. The fourth-order valence-corrected chi connectivity index (χ4v) is 4.99. The summed E-state index contributed by atoms with van der Waals surface area (Å²) in [6.45, 7) is 4.33. The van der Waals surface area contributed by atoms with Crippen molar-refractivity contribution in [3.8, 4) is 11.5 Å². The van der Waals surface area contributed by atoms with Crippen molar-refractivity contribution in [3.63, 3.8) is 0 Å². The number of amides is 1. The predicted molar refractivity (Wildman–Crippen MR) is 96.4 cm³/mol. The predicted octanol–water partition coefficient (Wildman–Crippen LogP) is 3.02. The lowest BCUT2D eigenvalue weighted by Gasteiger charge is -2.43. The number of benzene rings is 1. The summed E-state index contributed by atoms with van der Waals surface area (Å²) in [4.78, 5) is 15.5. The van der Waals surface area contributed by atoms with Crippen LogP contribution in [-0.2, 0) is 4.79 Å². The van der Waals surface area contributed by atoms with Gasteiger partial charge in [0.25, 0.3) is 5.91 Å². The molecule has 1 amide bonds. The van der Waals surface area contributed by atoms with Gasteiger partial charge in [-0.3, -0.25) is 9.69 Å². The molecule has 4 heterocycles. The molecule has 1 aromatic heterocycles. The van der Waals surface area contributed by atoms with Crippen molar-refractivity contribution in [1.82, 2.24) is 10.2 Å². The SMILES string of the molecule is Cc1coc2c(O)cc3c(c12)O[C@@]1(N2CCCCC2)C(=O)NCCC[C@@H]31. The highest BCUT2D eigenvalue weighted by Gasteiger charge is 2.59. The maximum atomic E-state index is 13.3. The Morgan fingerprint density at radius 2 is 2.08 bits per heavy atom. The van der Waals surface area contributed by atoms with Gasteiger partial charge >= 0.3 is 0 Å². The van der Waals surface area contributed by atoms with Crippen molar-refractivity contribution in [2.75, 3.05) is 19.6 Å². The van der Waals surface area contributed by atoms with E-state index in [0.29, 0.717) is 17.9 Å². The van der Waals surface area contributed by atoms with Crippen LogP contribution in [0.25, 0.3) is 11.0 Å². The van der Waals surface area contributed by atoms with Crippen LogP contribution in [0.5, 0.6) is 11.5 Å². The van der Waals surface area contributed by atoms with Gasteiger partial charge in [0, 0.05) is 25.2 Å². The zero-order valence-electron chi connectivity index (χ0n) is 15.0. The molecule has 2 N–H and O–H groups in total. The van der Waals surface area contributed by atoms with Crippen molar-refractivity contribution in [2.24, 2.45) is 0 Å². The number of rotatable bonds is 1. The van der Waals surface area contributed by atoms with Crippen molar-refractivity contribution < 1.29 is 19.1 Å². The largest absolute Gasteiger partial charge is 0.504 e. The lowest BCUT2D eigenvalue weighted by Crippen LogP contribution is -2.64. The number of furan rings is 1. The first-order valence-electron chi connectivity index (χ1n) is 9.59. The van der Waals surface area contributed by atoms with E-state index in [-0.39, 0.29) is 17.6 Å². The number of ether oxygens (including phenoxy) is 1. The van der Waals surface area contributed by atoms with Crippen LogP contribution in [0, 0.1) is 6.92 Å². The Hall–Kier alpha value is -2.21. The molecule has 2 saturated heterocycles. The number of carbonyl (C=O) groups is 1. The maximum Gasteiger partial charge on any atom is 0.280 e. The molecule has 0 aliphatic carbocycles. The summed E-state index contributed by atoms with van der Waals surface area (Å²) in [5, 5.41) is 14.4. The Morgan fingerprint density at radius 1 is 1.27 bits per heavy atom. The van der Waals surface area contributed by atoms with E-state index in [1.807, 2.05) is 6.92 Å². The maximum absolute atomic E-state index is 13.3. The standard InChI is InChI=1S/C20H24N2O4/c1-12-11-25-18-15(23)10-13-14-6-5-7-21-19(24)20(14,26-17(13)16(12)18)22-8-3-2-4-9-22/h10-11,14,23H,2-9H2,1H3,(H,21,24)/t14-,20+/m0/s1. The number of piperidine rings is 1. The number of phenols is 1. The number of likely N-dealkylation sites (tertiary alicyclic amines) is 1. The molecule has 3 aliphatic heterocycles. The Bertz CT molecular complexity index is 884. The molecule has 0 unspecified atom stereocenters. The van der Waals surface area contributed by atoms with Crippen LogP contribution in [0.1, 0.15) is 49.1 Å². The van der Waals surface area contributed by atoms with E-state index in [9.17, 15) is 9.90 Å². The zero-order valence-corrected chi connectivity index (χ0v) is 15.0. The fourth-order valence-electron chi connectivity index (χ4n) is 4.99. The molecule has 0 bridgehead atoms. The molecular weight excluding hydrogens is 332 g/mol. The normalized spacial score (nSPS) is 29.0. The van der Waals surface area contributed by atoms with E-state index in [1.165, 1.54) is 6.42 Å². The lowest BCUT2D eigenvalue weighted by molar-refractivity contribution is -0.158. The van der Waals surface area contributed by atoms with E-state index in [0.717, 1.165) is 55.3 Å². The number of phenolic OH excluding ortho intramolecular Hbond substituents is 1. The van der Waals surface area contributed by atoms with Crippen LogP contribution in [0.4, 0.5) is 0 Å². The minimum absolute atomic E-state index is 0.0492. The van der Waals surface area contributed by atoms with Crippen molar-refractivity contribution in [1.29, 1.82) is 0 Å². The zero-order chi connectivity index (χ0) is 17.9. The Labute approximate surface area is 152 Å². The molecule has 2 fully saturated rings. The third kappa shape index (κ3) is 1.99. The highest BCUT2D eigenvalue weighted by molar-refractivity contribution is 5.96. The van der Waals surface area contributed by atoms with Crippen molar-refractivity contribution in [2.45, 2.75) is 50.7 Å². The van der Waals surface area contributed by atoms with Gasteiger partial charge in [-0.25, -0.2) is 0 Å². The monoisotopic (exact) mass is 356 g/mol. The number of fused-ring (bicyclic) bond motifs is 5. The van der Waals surface area contributed by atoms with Gasteiger partial charge in [-0.15, -0.1) is 0 Å². The second-order valence-electron chi connectivity index (χ2n) is 7.73. The number of carbonyl (C=O) groups excluding carboxylic acids is 1. The minimum Gasteiger partial charge on any atom is -0.504 e. The molecule has 0 radical (unpaired) electrons. The summed E-state index contributed by atoms with van der Waals surface area (Å²) < 4.78 is 12.1. The quantitative estimate of drug-likeness (QED) is 0.822. The highest BCUT2D eigenvalue weighted by atomic mass is 16.5. The Kier molecular flexibility index (Phi) is 3.47. The van der Waals surface area contributed by atoms with Crippen molar-refractivity contribution >= 4 is 16.9 Å². The molecule has 2 atom stereocenters. The first-order chi connectivity index (χ1) is 12.6. The third-order valence-corrected chi connectivity index (χ3v) is 6.20. The molecule has 0 saturated carbocycles. The van der Waals surface area contributed by atoms with E-state index >= 15 is 0 Å². The molecule has 0 spiro atoms. The van der Waals surface area contributed by atoms with Crippen molar-refractivity contribution in [3.05, 3.63) is 23.5 Å².